The second-order valence-electron chi connectivity index (χ2n) is 3.45. The fourth-order valence-corrected chi connectivity index (χ4v) is 1.36. The molecular weight excluding hydrogens is 240 g/mol. The fraction of sp³-hybridized carbons (Fsp3) is 0.333. The van der Waals surface area contributed by atoms with Gasteiger partial charge in [-0.15, -0.1) is 0 Å². The minimum Gasteiger partial charge on any atom is -0.493 e. The first kappa shape index (κ1) is 13.8. The Kier molecular flexibility index (Phi) is 4.53. The lowest BCUT2D eigenvalue weighted by atomic mass is 10.1. The minimum absolute atomic E-state index is 0.156. The van der Waals surface area contributed by atoms with E-state index in [0.29, 0.717) is 5.56 Å². The molecule has 6 nitrogen and oxygen atoms in total. The number of carbonyl (C=O) groups is 2. The predicted octanol–water partition coefficient (Wildman–Crippen LogP) is 1.37. The van der Waals surface area contributed by atoms with Gasteiger partial charge in [-0.25, -0.2) is 4.79 Å². The number of carbonyl (C=O) groups excluding carboxylic acids is 1. The Bertz CT molecular complexity index is 441. The molecule has 0 bridgehead atoms. The number of aliphatic carboxylic acids is 1. The standard InChI is InChI=1S/C12H14O6/c1-7(13)8-4-9(16-2)12(10(5-8)17-3)18-6-11(14)15/h4-5H,6H2,1-3H3,(H,14,15). The number of ether oxygens (including phenoxy) is 3. The van der Waals surface area contributed by atoms with Gasteiger partial charge in [-0.2, -0.15) is 0 Å². The summed E-state index contributed by atoms with van der Waals surface area (Å²) in [7, 11) is 2.79. The average molecular weight is 254 g/mol. The van der Waals surface area contributed by atoms with Crippen LogP contribution in [0.5, 0.6) is 17.2 Å². The van der Waals surface area contributed by atoms with Gasteiger partial charge in [-0.1, -0.05) is 0 Å². The Hall–Kier alpha value is -2.24. The van der Waals surface area contributed by atoms with E-state index in [1.807, 2.05) is 0 Å². The Morgan fingerprint density at radius 1 is 1.17 bits per heavy atom. The Morgan fingerprint density at radius 3 is 2.00 bits per heavy atom. The highest BCUT2D eigenvalue weighted by molar-refractivity contribution is 5.95. The summed E-state index contributed by atoms with van der Waals surface area (Å²) in [6, 6.07) is 2.95. The van der Waals surface area contributed by atoms with Crippen molar-refractivity contribution in [1.82, 2.24) is 0 Å². The molecule has 0 aliphatic heterocycles. The molecule has 1 aromatic carbocycles. The van der Waals surface area contributed by atoms with Gasteiger partial charge >= 0.3 is 5.97 Å². The maximum absolute atomic E-state index is 11.3. The van der Waals surface area contributed by atoms with Gasteiger partial charge in [0.25, 0.3) is 0 Å². The summed E-state index contributed by atoms with van der Waals surface area (Å²) in [6.07, 6.45) is 0. The van der Waals surface area contributed by atoms with Gasteiger partial charge in [0.1, 0.15) is 0 Å². The Labute approximate surface area is 104 Å². The van der Waals surface area contributed by atoms with Crippen LogP contribution in [0.4, 0.5) is 0 Å². The van der Waals surface area contributed by atoms with Gasteiger partial charge in [-0.3, -0.25) is 4.79 Å². The molecule has 18 heavy (non-hydrogen) atoms. The molecular formula is C12H14O6. The van der Waals surface area contributed by atoms with Crippen LogP contribution in [0.1, 0.15) is 17.3 Å². The SMILES string of the molecule is COc1cc(C(C)=O)cc(OC)c1OCC(=O)O. The van der Waals surface area contributed by atoms with Crippen LogP contribution in [0.15, 0.2) is 12.1 Å². The summed E-state index contributed by atoms with van der Waals surface area (Å²) in [5.41, 5.74) is 0.395. The number of hydrogen-bond acceptors (Lipinski definition) is 5. The van der Waals surface area contributed by atoms with Crippen LogP contribution in [0, 0.1) is 0 Å². The first-order valence-corrected chi connectivity index (χ1v) is 5.11. The molecule has 1 aromatic rings. The van der Waals surface area contributed by atoms with Gasteiger partial charge in [0.15, 0.2) is 23.9 Å². The van der Waals surface area contributed by atoms with E-state index < -0.39 is 12.6 Å². The van der Waals surface area contributed by atoms with Crippen molar-refractivity contribution in [3.8, 4) is 17.2 Å². The molecule has 0 saturated carbocycles. The smallest absolute Gasteiger partial charge is 0.341 e. The molecule has 0 spiro atoms. The molecule has 98 valence electrons. The molecule has 1 rings (SSSR count). The first-order chi connectivity index (χ1) is 8.49. The van der Waals surface area contributed by atoms with Crippen molar-refractivity contribution in [1.29, 1.82) is 0 Å². The molecule has 0 aliphatic rings. The number of carboxylic acid groups (broad SMARTS) is 1. The van der Waals surface area contributed by atoms with Gasteiger partial charge < -0.3 is 19.3 Å². The highest BCUT2D eigenvalue weighted by Gasteiger charge is 2.16. The maximum atomic E-state index is 11.3. The van der Waals surface area contributed by atoms with E-state index in [1.54, 1.807) is 0 Å². The van der Waals surface area contributed by atoms with Gasteiger partial charge in [-0.05, 0) is 19.1 Å². The van der Waals surface area contributed by atoms with E-state index in [0.717, 1.165) is 0 Å². The monoisotopic (exact) mass is 254 g/mol. The number of benzene rings is 1. The van der Waals surface area contributed by atoms with Crippen LogP contribution in [0.3, 0.4) is 0 Å². The largest absolute Gasteiger partial charge is 0.493 e. The van der Waals surface area contributed by atoms with Crippen molar-refractivity contribution >= 4 is 11.8 Å². The quantitative estimate of drug-likeness (QED) is 0.772. The third-order valence-electron chi connectivity index (χ3n) is 2.21. The fourth-order valence-electron chi connectivity index (χ4n) is 1.36. The summed E-state index contributed by atoms with van der Waals surface area (Å²) in [4.78, 5) is 21.8. The van der Waals surface area contributed by atoms with Gasteiger partial charge in [0.05, 0.1) is 14.2 Å². The predicted molar refractivity (Wildman–Crippen MR) is 62.7 cm³/mol. The second-order valence-corrected chi connectivity index (χ2v) is 3.45. The normalized spacial score (nSPS) is 9.72. The number of Topliss-reactive ketones (excluding diaryl/α,β-unsaturated/α-hetero) is 1. The molecule has 0 radical (unpaired) electrons. The van der Waals surface area contributed by atoms with E-state index in [-0.39, 0.29) is 23.0 Å². The maximum Gasteiger partial charge on any atom is 0.341 e. The van der Waals surface area contributed by atoms with Gasteiger partial charge in [0, 0.05) is 5.56 Å². The number of ketones is 1. The Morgan fingerprint density at radius 2 is 1.67 bits per heavy atom. The highest BCUT2D eigenvalue weighted by Crippen LogP contribution is 2.38. The molecule has 1 N–H and O–H groups in total. The molecule has 0 aromatic heterocycles. The van der Waals surface area contributed by atoms with Crippen molar-refractivity contribution in [3.63, 3.8) is 0 Å². The van der Waals surface area contributed by atoms with E-state index >= 15 is 0 Å². The zero-order chi connectivity index (χ0) is 13.7. The van der Waals surface area contributed by atoms with Crippen molar-refractivity contribution in [3.05, 3.63) is 17.7 Å². The van der Waals surface area contributed by atoms with Crippen molar-refractivity contribution < 1.29 is 28.9 Å². The zero-order valence-corrected chi connectivity index (χ0v) is 10.4. The molecule has 6 heteroatoms. The summed E-state index contributed by atoms with van der Waals surface area (Å²) < 4.78 is 15.2. The molecule has 0 heterocycles. The second kappa shape index (κ2) is 5.90. The first-order valence-electron chi connectivity index (χ1n) is 5.11. The summed E-state index contributed by atoms with van der Waals surface area (Å²) in [6.45, 7) is 0.887. The topological polar surface area (TPSA) is 82.1 Å². The van der Waals surface area contributed by atoms with E-state index in [9.17, 15) is 9.59 Å². The van der Waals surface area contributed by atoms with Crippen LogP contribution >= 0.6 is 0 Å². The lowest BCUT2D eigenvalue weighted by Gasteiger charge is -2.14. The number of hydrogen-bond donors (Lipinski definition) is 1. The van der Waals surface area contributed by atoms with Crippen molar-refractivity contribution in [2.24, 2.45) is 0 Å². The summed E-state index contributed by atoms with van der Waals surface area (Å²) in [5, 5.41) is 8.58. The Balaban J connectivity index is 3.21. The third-order valence-corrected chi connectivity index (χ3v) is 2.21. The van der Waals surface area contributed by atoms with Crippen molar-refractivity contribution in [2.75, 3.05) is 20.8 Å². The van der Waals surface area contributed by atoms with Gasteiger partial charge in [0.2, 0.25) is 5.75 Å². The molecule has 0 fully saturated rings. The summed E-state index contributed by atoms with van der Waals surface area (Å²) >= 11 is 0. The van der Waals surface area contributed by atoms with Crippen LogP contribution in [0.25, 0.3) is 0 Å². The van der Waals surface area contributed by atoms with Crippen LogP contribution in [0.2, 0.25) is 0 Å². The molecule has 0 aliphatic carbocycles. The lowest BCUT2D eigenvalue weighted by molar-refractivity contribution is -0.139. The van der Waals surface area contributed by atoms with Crippen LogP contribution in [-0.4, -0.2) is 37.7 Å². The molecule has 0 unspecified atom stereocenters. The zero-order valence-electron chi connectivity index (χ0n) is 10.4. The van der Waals surface area contributed by atoms with E-state index in [4.69, 9.17) is 19.3 Å². The van der Waals surface area contributed by atoms with E-state index in [1.165, 1.54) is 33.3 Å². The number of methoxy groups -OCH3 is 2. The molecule has 0 saturated heterocycles. The number of rotatable bonds is 6. The highest BCUT2D eigenvalue weighted by atomic mass is 16.5. The minimum atomic E-state index is -1.12. The lowest BCUT2D eigenvalue weighted by Crippen LogP contribution is -2.11. The average Bonchev–Trinajstić information content (AvgIpc) is 2.34. The summed E-state index contributed by atoms with van der Waals surface area (Å²) in [5.74, 6) is -0.611. The number of carboxylic acids is 1. The van der Waals surface area contributed by atoms with Crippen LogP contribution < -0.4 is 14.2 Å². The van der Waals surface area contributed by atoms with E-state index in [2.05, 4.69) is 0 Å². The van der Waals surface area contributed by atoms with Crippen molar-refractivity contribution in [2.45, 2.75) is 6.92 Å². The molecule has 0 amide bonds. The third kappa shape index (κ3) is 3.13. The van der Waals surface area contributed by atoms with Crippen LogP contribution in [-0.2, 0) is 4.79 Å². The molecule has 0 atom stereocenters.